The molecule has 5 nitrogen and oxygen atoms in total. The van der Waals surface area contributed by atoms with Crippen LogP contribution in [0.1, 0.15) is 25.6 Å². The molecule has 0 radical (unpaired) electrons. The highest BCUT2D eigenvalue weighted by Gasteiger charge is 2.28. The lowest BCUT2D eigenvalue weighted by molar-refractivity contribution is -0.148. The summed E-state index contributed by atoms with van der Waals surface area (Å²) in [7, 11) is 0. The number of ether oxygens (including phenoxy) is 1. The summed E-state index contributed by atoms with van der Waals surface area (Å²) in [5, 5.41) is 0.913. The van der Waals surface area contributed by atoms with E-state index in [-0.39, 0.29) is 11.9 Å². The average Bonchev–Trinajstić information content (AvgIpc) is 2.76. The fraction of sp³-hybridized carbons (Fsp3) is 0.727. The highest BCUT2D eigenvalue weighted by atomic mass is 32.1. The predicted molar refractivity (Wildman–Crippen MR) is 66.2 cm³/mol. The van der Waals surface area contributed by atoms with Crippen molar-refractivity contribution in [1.29, 1.82) is 0 Å². The second-order valence-electron chi connectivity index (χ2n) is 4.16. The Balaban J connectivity index is 1.99. The van der Waals surface area contributed by atoms with Crippen molar-refractivity contribution in [2.45, 2.75) is 26.7 Å². The van der Waals surface area contributed by atoms with Crippen LogP contribution in [0, 0.1) is 12.8 Å². The lowest BCUT2D eigenvalue weighted by Gasteiger charge is -2.30. The lowest BCUT2D eigenvalue weighted by Crippen LogP contribution is -2.39. The first-order valence-electron chi connectivity index (χ1n) is 5.92. The molecule has 1 atom stereocenters. The van der Waals surface area contributed by atoms with Gasteiger partial charge in [-0.25, -0.2) is 4.98 Å². The Hall–Kier alpha value is -1.17. The van der Waals surface area contributed by atoms with E-state index in [0.717, 1.165) is 30.3 Å². The number of carbonyl (C=O) groups excluding carboxylic acids is 1. The Kier molecular flexibility index (Phi) is 3.93. The number of hydrogen-bond acceptors (Lipinski definition) is 6. The highest BCUT2D eigenvalue weighted by Crippen LogP contribution is 2.25. The third kappa shape index (κ3) is 2.94. The van der Waals surface area contributed by atoms with Crippen LogP contribution in [0.2, 0.25) is 0 Å². The molecule has 1 fully saturated rings. The van der Waals surface area contributed by atoms with E-state index < -0.39 is 0 Å². The number of aromatic nitrogens is 2. The molecule has 1 unspecified atom stereocenters. The van der Waals surface area contributed by atoms with Crippen LogP contribution in [0.3, 0.4) is 0 Å². The van der Waals surface area contributed by atoms with Crippen LogP contribution in [0.5, 0.6) is 0 Å². The SMILES string of the molecule is CCOC(=O)C1CCCN(c2nc(C)ns2)C1. The molecule has 2 heterocycles. The van der Waals surface area contributed by atoms with Gasteiger partial charge in [0.05, 0.1) is 12.5 Å². The normalized spacial score (nSPS) is 20.4. The summed E-state index contributed by atoms with van der Waals surface area (Å²) in [6.07, 6.45) is 1.91. The van der Waals surface area contributed by atoms with Crippen LogP contribution in [0.15, 0.2) is 0 Å². The number of rotatable bonds is 3. The largest absolute Gasteiger partial charge is 0.466 e. The smallest absolute Gasteiger partial charge is 0.310 e. The van der Waals surface area contributed by atoms with Gasteiger partial charge in [-0.3, -0.25) is 4.79 Å². The number of esters is 1. The topological polar surface area (TPSA) is 55.3 Å². The van der Waals surface area contributed by atoms with E-state index in [4.69, 9.17) is 4.74 Å². The quantitative estimate of drug-likeness (QED) is 0.768. The van der Waals surface area contributed by atoms with Gasteiger partial charge in [-0.05, 0) is 26.7 Å². The Morgan fingerprint density at radius 2 is 2.47 bits per heavy atom. The van der Waals surface area contributed by atoms with Gasteiger partial charge in [0.1, 0.15) is 5.82 Å². The number of anilines is 1. The molecule has 0 amide bonds. The Morgan fingerprint density at radius 3 is 3.12 bits per heavy atom. The molecule has 1 aromatic rings. The second kappa shape index (κ2) is 5.44. The predicted octanol–water partition coefficient (Wildman–Crippen LogP) is 1.63. The zero-order valence-corrected chi connectivity index (χ0v) is 11.0. The Bertz CT molecular complexity index is 394. The van der Waals surface area contributed by atoms with Crippen LogP contribution in [-0.2, 0) is 9.53 Å². The molecular weight excluding hydrogens is 238 g/mol. The lowest BCUT2D eigenvalue weighted by atomic mass is 9.99. The van der Waals surface area contributed by atoms with Gasteiger partial charge >= 0.3 is 5.97 Å². The summed E-state index contributed by atoms with van der Waals surface area (Å²) >= 11 is 1.40. The molecule has 0 bridgehead atoms. The molecule has 17 heavy (non-hydrogen) atoms. The maximum atomic E-state index is 11.7. The zero-order valence-electron chi connectivity index (χ0n) is 10.2. The number of hydrogen-bond donors (Lipinski definition) is 0. The second-order valence-corrected chi connectivity index (χ2v) is 4.89. The first kappa shape index (κ1) is 12.3. The van der Waals surface area contributed by atoms with Gasteiger partial charge in [0.25, 0.3) is 0 Å². The van der Waals surface area contributed by atoms with E-state index in [1.807, 2.05) is 13.8 Å². The summed E-state index contributed by atoms with van der Waals surface area (Å²) in [6.45, 7) is 5.82. The van der Waals surface area contributed by atoms with E-state index in [9.17, 15) is 4.79 Å². The molecule has 1 aliphatic heterocycles. The molecule has 0 spiro atoms. The minimum Gasteiger partial charge on any atom is -0.466 e. The van der Waals surface area contributed by atoms with Crippen molar-refractivity contribution >= 4 is 22.6 Å². The molecule has 0 N–H and O–H groups in total. The van der Waals surface area contributed by atoms with Crippen molar-refractivity contribution in [2.75, 3.05) is 24.6 Å². The number of aryl methyl sites for hydroxylation is 1. The van der Waals surface area contributed by atoms with Gasteiger partial charge in [0.15, 0.2) is 0 Å². The average molecular weight is 255 g/mol. The van der Waals surface area contributed by atoms with Crippen LogP contribution in [0.25, 0.3) is 0 Å². The van der Waals surface area contributed by atoms with Crippen LogP contribution in [0.4, 0.5) is 5.13 Å². The number of nitrogens with zero attached hydrogens (tertiary/aromatic N) is 3. The summed E-state index contributed by atoms with van der Waals surface area (Å²) in [6, 6.07) is 0. The summed E-state index contributed by atoms with van der Waals surface area (Å²) in [5.74, 6) is 0.689. The minimum absolute atomic E-state index is 0.0205. The standard InChI is InChI=1S/C11H17N3O2S/c1-3-16-10(15)9-5-4-6-14(7-9)11-12-8(2)13-17-11/h9H,3-7H2,1-2H3. The van der Waals surface area contributed by atoms with E-state index in [2.05, 4.69) is 14.3 Å². The van der Waals surface area contributed by atoms with E-state index in [1.54, 1.807) is 0 Å². The Morgan fingerprint density at radius 1 is 1.65 bits per heavy atom. The van der Waals surface area contributed by atoms with Crippen LogP contribution in [-0.4, -0.2) is 35.0 Å². The highest BCUT2D eigenvalue weighted by molar-refractivity contribution is 7.09. The maximum absolute atomic E-state index is 11.7. The van der Waals surface area contributed by atoms with Crippen molar-refractivity contribution in [1.82, 2.24) is 9.36 Å². The van der Waals surface area contributed by atoms with Crippen molar-refractivity contribution in [3.05, 3.63) is 5.82 Å². The van der Waals surface area contributed by atoms with E-state index >= 15 is 0 Å². The van der Waals surface area contributed by atoms with Crippen molar-refractivity contribution in [3.8, 4) is 0 Å². The molecule has 1 aromatic heterocycles. The fourth-order valence-corrected chi connectivity index (χ4v) is 2.73. The first-order valence-corrected chi connectivity index (χ1v) is 6.70. The molecule has 1 saturated heterocycles. The summed E-state index contributed by atoms with van der Waals surface area (Å²) in [4.78, 5) is 18.2. The molecule has 94 valence electrons. The van der Waals surface area contributed by atoms with Crippen LogP contribution < -0.4 is 4.90 Å². The summed E-state index contributed by atoms with van der Waals surface area (Å²) < 4.78 is 9.24. The molecule has 1 aliphatic rings. The minimum atomic E-state index is -0.0848. The van der Waals surface area contributed by atoms with Gasteiger partial charge in [-0.1, -0.05) is 0 Å². The van der Waals surface area contributed by atoms with Crippen molar-refractivity contribution < 1.29 is 9.53 Å². The monoisotopic (exact) mass is 255 g/mol. The van der Waals surface area contributed by atoms with Gasteiger partial charge in [-0.15, -0.1) is 0 Å². The molecular formula is C11H17N3O2S. The van der Waals surface area contributed by atoms with E-state index in [1.165, 1.54) is 11.5 Å². The molecule has 0 saturated carbocycles. The van der Waals surface area contributed by atoms with Gasteiger partial charge in [-0.2, -0.15) is 4.37 Å². The number of piperidine rings is 1. The van der Waals surface area contributed by atoms with E-state index in [0.29, 0.717) is 13.2 Å². The molecule has 2 rings (SSSR count). The first-order chi connectivity index (χ1) is 8.20. The van der Waals surface area contributed by atoms with Crippen molar-refractivity contribution in [2.24, 2.45) is 5.92 Å². The van der Waals surface area contributed by atoms with Crippen LogP contribution >= 0.6 is 11.5 Å². The third-order valence-electron chi connectivity index (χ3n) is 2.83. The molecule has 0 aliphatic carbocycles. The Labute approximate surface area is 105 Å². The maximum Gasteiger partial charge on any atom is 0.310 e. The number of carbonyl (C=O) groups is 1. The molecule has 0 aromatic carbocycles. The van der Waals surface area contributed by atoms with Gasteiger partial charge in [0.2, 0.25) is 5.13 Å². The van der Waals surface area contributed by atoms with Crippen molar-refractivity contribution in [3.63, 3.8) is 0 Å². The third-order valence-corrected chi connectivity index (χ3v) is 3.70. The fourth-order valence-electron chi connectivity index (χ4n) is 2.02. The summed E-state index contributed by atoms with van der Waals surface area (Å²) in [5.41, 5.74) is 0. The van der Waals surface area contributed by atoms with Gasteiger partial charge in [0, 0.05) is 24.6 Å². The molecule has 6 heteroatoms. The van der Waals surface area contributed by atoms with Gasteiger partial charge < -0.3 is 9.64 Å². The zero-order chi connectivity index (χ0) is 12.3.